The Morgan fingerprint density at radius 2 is 1.58 bits per heavy atom. The Morgan fingerprint density at radius 3 is 2.36 bits per heavy atom. The zero-order valence-corrected chi connectivity index (χ0v) is 19.5. The van der Waals surface area contributed by atoms with Crippen LogP contribution in [0.25, 0.3) is 10.8 Å². The Labute approximate surface area is 198 Å². The summed E-state index contributed by atoms with van der Waals surface area (Å²) < 4.78 is 0. The second-order valence-corrected chi connectivity index (χ2v) is 9.15. The maximum absolute atomic E-state index is 13.1. The topological polar surface area (TPSA) is 58.2 Å². The number of aryl methyl sites for hydroxylation is 1. The highest BCUT2D eigenvalue weighted by Gasteiger charge is 2.19. The second-order valence-electron chi connectivity index (χ2n) is 7.88. The molecule has 0 bridgehead atoms. The van der Waals surface area contributed by atoms with E-state index in [-0.39, 0.29) is 17.1 Å². The smallest absolute Gasteiger partial charge is 0.255 e. The van der Waals surface area contributed by atoms with Gasteiger partial charge in [0, 0.05) is 27.2 Å². The number of anilines is 2. The summed E-state index contributed by atoms with van der Waals surface area (Å²) in [5.41, 5.74) is 3.24. The van der Waals surface area contributed by atoms with Gasteiger partial charge in [0.05, 0.1) is 5.25 Å². The highest BCUT2D eigenvalue weighted by atomic mass is 32.2. The van der Waals surface area contributed by atoms with Gasteiger partial charge in [-0.15, -0.1) is 11.8 Å². The van der Waals surface area contributed by atoms with E-state index in [4.69, 9.17) is 0 Å². The molecule has 4 aromatic carbocycles. The summed E-state index contributed by atoms with van der Waals surface area (Å²) in [5, 5.41) is 7.90. The molecule has 0 radical (unpaired) electrons. The molecular weight excluding hydrogens is 428 g/mol. The quantitative estimate of drug-likeness (QED) is 0.298. The van der Waals surface area contributed by atoms with Gasteiger partial charge in [-0.1, -0.05) is 67.1 Å². The highest BCUT2D eigenvalue weighted by Crippen LogP contribution is 2.30. The van der Waals surface area contributed by atoms with Crippen LogP contribution in [0.2, 0.25) is 0 Å². The third-order valence-electron chi connectivity index (χ3n) is 5.39. The van der Waals surface area contributed by atoms with Crippen molar-refractivity contribution in [1.29, 1.82) is 0 Å². The first kappa shape index (κ1) is 22.6. The van der Waals surface area contributed by atoms with Crippen molar-refractivity contribution in [3.8, 4) is 0 Å². The molecule has 0 aliphatic rings. The zero-order chi connectivity index (χ0) is 23.2. The van der Waals surface area contributed by atoms with Gasteiger partial charge < -0.3 is 10.6 Å². The average Bonchev–Trinajstić information content (AvgIpc) is 2.83. The summed E-state index contributed by atoms with van der Waals surface area (Å²) in [7, 11) is 0. The van der Waals surface area contributed by atoms with E-state index in [1.165, 1.54) is 11.8 Å². The standard InChI is InChI=1S/C28H26N2O2S/c1-3-26(28(32)30-25-13-6-9-20-8-4-5-12-24(20)25)33-23-11-7-10-22(18-23)29-27(31)21-16-14-19(2)15-17-21/h4-18,26H,3H2,1-2H3,(H,29,31)(H,30,32). The summed E-state index contributed by atoms with van der Waals surface area (Å²) in [4.78, 5) is 26.5. The number of nitrogens with one attached hydrogen (secondary N) is 2. The van der Waals surface area contributed by atoms with E-state index in [0.717, 1.165) is 26.9 Å². The normalized spacial score (nSPS) is 11.7. The largest absolute Gasteiger partial charge is 0.325 e. The molecule has 2 N–H and O–H groups in total. The molecule has 0 fully saturated rings. The predicted octanol–water partition coefficient (Wildman–Crippen LogP) is 6.91. The number of hydrogen-bond donors (Lipinski definition) is 2. The Bertz CT molecular complexity index is 1280. The lowest BCUT2D eigenvalue weighted by molar-refractivity contribution is -0.115. The van der Waals surface area contributed by atoms with Crippen molar-refractivity contribution in [2.24, 2.45) is 0 Å². The molecule has 0 saturated heterocycles. The predicted molar refractivity (Wildman–Crippen MR) is 138 cm³/mol. The van der Waals surface area contributed by atoms with Gasteiger partial charge in [0.25, 0.3) is 5.91 Å². The summed E-state index contributed by atoms with van der Waals surface area (Å²) in [6.45, 7) is 3.99. The fourth-order valence-electron chi connectivity index (χ4n) is 3.59. The maximum Gasteiger partial charge on any atom is 0.255 e. The monoisotopic (exact) mass is 454 g/mol. The SMILES string of the molecule is CCC(Sc1cccc(NC(=O)c2ccc(C)cc2)c1)C(=O)Nc1cccc2ccccc12. The molecule has 33 heavy (non-hydrogen) atoms. The molecule has 0 aliphatic heterocycles. The van der Waals surface area contributed by atoms with Crippen LogP contribution >= 0.6 is 11.8 Å². The fraction of sp³-hybridized carbons (Fsp3) is 0.143. The van der Waals surface area contributed by atoms with Crippen LogP contribution in [0.15, 0.2) is 95.9 Å². The number of carbonyl (C=O) groups excluding carboxylic acids is 2. The molecule has 0 heterocycles. The van der Waals surface area contributed by atoms with Gasteiger partial charge in [-0.25, -0.2) is 0 Å². The van der Waals surface area contributed by atoms with E-state index < -0.39 is 0 Å². The molecule has 0 aromatic heterocycles. The third-order valence-corrected chi connectivity index (χ3v) is 6.75. The Hall–Kier alpha value is -3.57. The first-order valence-electron chi connectivity index (χ1n) is 11.0. The molecule has 166 valence electrons. The number of benzene rings is 4. The van der Waals surface area contributed by atoms with Gasteiger partial charge in [-0.3, -0.25) is 9.59 Å². The molecule has 1 unspecified atom stereocenters. The molecule has 4 nitrogen and oxygen atoms in total. The Balaban J connectivity index is 1.45. The van der Waals surface area contributed by atoms with Crippen molar-refractivity contribution in [2.75, 3.05) is 10.6 Å². The van der Waals surface area contributed by atoms with Crippen LogP contribution in [0, 0.1) is 6.92 Å². The zero-order valence-electron chi connectivity index (χ0n) is 18.7. The van der Waals surface area contributed by atoms with Gasteiger partial charge in [0.2, 0.25) is 5.91 Å². The van der Waals surface area contributed by atoms with Crippen molar-refractivity contribution >= 4 is 45.7 Å². The van der Waals surface area contributed by atoms with Crippen molar-refractivity contribution in [1.82, 2.24) is 0 Å². The Kier molecular flexibility index (Phi) is 7.10. The highest BCUT2D eigenvalue weighted by molar-refractivity contribution is 8.00. The number of rotatable bonds is 7. The molecular formula is C28H26N2O2S. The minimum absolute atomic E-state index is 0.0343. The van der Waals surface area contributed by atoms with Crippen molar-refractivity contribution in [3.05, 3.63) is 102 Å². The van der Waals surface area contributed by atoms with Crippen molar-refractivity contribution in [2.45, 2.75) is 30.4 Å². The molecule has 4 aromatic rings. The van der Waals surface area contributed by atoms with Crippen LogP contribution in [0.3, 0.4) is 0 Å². The van der Waals surface area contributed by atoms with E-state index in [1.807, 2.05) is 105 Å². The molecule has 0 aliphatic carbocycles. The van der Waals surface area contributed by atoms with Crippen LogP contribution in [0.1, 0.15) is 29.3 Å². The van der Waals surface area contributed by atoms with Crippen molar-refractivity contribution in [3.63, 3.8) is 0 Å². The van der Waals surface area contributed by atoms with E-state index in [1.54, 1.807) is 0 Å². The number of carbonyl (C=O) groups is 2. The van der Waals surface area contributed by atoms with E-state index in [2.05, 4.69) is 10.6 Å². The van der Waals surface area contributed by atoms with E-state index in [0.29, 0.717) is 17.7 Å². The lowest BCUT2D eigenvalue weighted by Crippen LogP contribution is -2.24. The number of hydrogen-bond acceptors (Lipinski definition) is 3. The number of amides is 2. The molecule has 0 spiro atoms. The lowest BCUT2D eigenvalue weighted by Gasteiger charge is -2.16. The van der Waals surface area contributed by atoms with Gasteiger partial charge >= 0.3 is 0 Å². The molecule has 4 rings (SSSR count). The summed E-state index contributed by atoms with van der Waals surface area (Å²) in [6.07, 6.45) is 0.682. The van der Waals surface area contributed by atoms with Gasteiger partial charge in [-0.2, -0.15) is 0 Å². The van der Waals surface area contributed by atoms with Gasteiger partial charge in [-0.05, 0) is 55.1 Å². The molecule has 1 atom stereocenters. The Morgan fingerprint density at radius 1 is 0.848 bits per heavy atom. The lowest BCUT2D eigenvalue weighted by atomic mass is 10.1. The number of thioether (sulfide) groups is 1. The van der Waals surface area contributed by atoms with Crippen molar-refractivity contribution < 1.29 is 9.59 Å². The van der Waals surface area contributed by atoms with E-state index >= 15 is 0 Å². The first-order chi connectivity index (χ1) is 16.0. The molecule has 0 saturated carbocycles. The molecule has 5 heteroatoms. The van der Waals surface area contributed by atoms with Crippen LogP contribution < -0.4 is 10.6 Å². The van der Waals surface area contributed by atoms with E-state index in [9.17, 15) is 9.59 Å². The fourth-order valence-corrected chi connectivity index (χ4v) is 4.60. The number of fused-ring (bicyclic) bond motifs is 1. The summed E-state index contributed by atoms with van der Waals surface area (Å²) in [5.74, 6) is -0.189. The minimum Gasteiger partial charge on any atom is -0.325 e. The third kappa shape index (κ3) is 5.62. The van der Waals surface area contributed by atoms with Crippen LogP contribution in [0.4, 0.5) is 11.4 Å². The average molecular weight is 455 g/mol. The first-order valence-corrected chi connectivity index (χ1v) is 11.8. The minimum atomic E-state index is -0.257. The van der Waals surface area contributed by atoms with Gasteiger partial charge in [0.1, 0.15) is 0 Å². The summed E-state index contributed by atoms with van der Waals surface area (Å²) >= 11 is 1.50. The van der Waals surface area contributed by atoms with Crippen LogP contribution in [-0.4, -0.2) is 17.1 Å². The maximum atomic E-state index is 13.1. The second kappa shape index (κ2) is 10.4. The van der Waals surface area contributed by atoms with Crippen LogP contribution in [0.5, 0.6) is 0 Å². The molecule has 2 amide bonds. The van der Waals surface area contributed by atoms with Gasteiger partial charge in [0.15, 0.2) is 0 Å². The van der Waals surface area contributed by atoms with Crippen LogP contribution in [-0.2, 0) is 4.79 Å². The summed E-state index contributed by atoms with van der Waals surface area (Å²) in [6, 6.07) is 29.0.